The van der Waals surface area contributed by atoms with Crippen LogP contribution in [-0.2, 0) is 16.0 Å². The van der Waals surface area contributed by atoms with Crippen LogP contribution in [0.25, 0.3) is 10.2 Å². The number of aromatic nitrogens is 2. The predicted octanol–water partition coefficient (Wildman–Crippen LogP) is 2.79. The fourth-order valence-corrected chi connectivity index (χ4v) is 5.65. The molecule has 1 aliphatic carbocycles. The minimum Gasteiger partial charge on any atom is -0.339 e. The third-order valence-corrected chi connectivity index (χ3v) is 7.69. The minimum absolute atomic E-state index is 0.0548. The average molecular weight is 431 g/mol. The maximum Gasteiger partial charge on any atom is 0.259 e. The lowest BCUT2D eigenvalue weighted by Crippen LogP contribution is -2.50. The Hall–Kier alpha value is -2.22. The number of hydrogen-bond acceptors (Lipinski definition) is 5. The van der Waals surface area contributed by atoms with Crippen molar-refractivity contribution in [3.63, 3.8) is 0 Å². The molecule has 1 saturated heterocycles. The molecule has 2 amide bonds. The quantitative estimate of drug-likeness (QED) is 0.790. The van der Waals surface area contributed by atoms with Crippen LogP contribution < -0.4 is 5.56 Å². The lowest BCUT2D eigenvalue weighted by Gasteiger charge is -2.35. The molecule has 30 heavy (non-hydrogen) atoms. The second-order valence-corrected chi connectivity index (χ2v) is 9.80. The lowest BCUT2D eigenvalue weighted by molar-refractivity contribution is -0.140. The van der Waals surface area contributed by atoms with Crippen LogP contribution in [-0.4, -0.2) is 57.8 Å². The molecule has 2 fully saturated rings. The van der Waals surface area contributed by atoms with Crippen LogP contribution in [0.2, 0.25) is 0 Å². The number of nitrogens with one attached hydrogen (secondary N) is 1. The molecule has 7 nitrogen and oxygen atoms in total. The third-order valence-electron chi connectivity index (χ3n) is 6.59. The number of thiophene rings is 1. The van der Waals surface area contributed by atoms with E-state index in [1.165, 1.54) is 37.0 Å². The van der Waals surface area contributed by atoms with Gasteiger partial charge < -0.3 is 14.8 Å². The molecule has 1 saturated carbocycles. The zero-order chi connectivity index (χ0) is 21.3. The van der Waals surface area contributed by atoms with Gasteiger partial charge in [0, 0.05) is 50.3 Å². The van der Waals surface area contributed by atoms with E-state index >= 15 is 0 Å². The summed E-state index contributed by atoms with van der Waals surface area (Å²) >= 11 is 1.52. The van der Waals surface area contributed by atoms with E-state index in [0.717, 1.165) is 15.3 Å². The summed E-state index contributed by atoms with van der Waals surface area (Å²) in [5, 5.41) is 0.658. The summed E-state index contributed by atoms with van der Waals surface area (Å²) in [6, 6.07) is 0. The van der Waals surface area contributed by atoms with E-state index in [-0.39, 0.29) is 17.4 Å². The van der Waals surface area contributed by atoms with Gasteiger partial charge in [0.2, 0.25) is 11.8 Å². The van der Waals surface area contributed by atoms with Crippen LogP contribution in [0.1, 0.15) is 54.8 Å². The first-order valence-electron chi connectivity index (χ1n) is 11.0. The predicted molar refractivity (Wildman–Crippen MR) is 118 cm³/mol. The first-order chi connectivity index (χ1) is 14.4. The van der Waals surface area contributed by atoms with Crippen molar-refractivity contribution in [1.82, 2.24) is 19.8 Å². The van der Waals surface area contributed by atoms with Crippen molar-refractivity contribution in [2.75, 3.05) is 26.2 Å². The van der Waals surface area contributed by atoms with E-state index in [1.807, 2.05) is 23.6 Å². The van der Waals surface area contributed by atoms with E-state index in [2.05, 4.69) is 9.97 Å². The SMILES string of the molecule is Cc1sc2nc(CCC(=O)N3CCN(C(=O)CC4CCCC4)CC3)[nH]c(=O)c2c1C. The summed E-state index contributed by atoms with van der Waals surface area (Å²) < 4.78 is 0. The van der Waals surface area contributed by atoms with Crippen LogP contribution in [0, 0.1) is 19.8 Å². The minimum atomic E-state index is -0.126. The molecule has 3 heterocycles. The number of aromatic amines is 1. The van der Waals surface area contributed by atoms with Gasteiger partial charge in [-0.25, -0.2) is 4.98 Å². The summed E-state index contributed by atoms with van der Waals surface area (Å²) in [6.07, 6.45) is 6.25. The highest BCUT2D eigenvalue weighted by atomic mass is 32.1. The van der Waals surface area contributed by atoms with Gasteiger partial charge >= 0.3 is 0 Å². The number of carbonyl (C=O) groups is 2. The Balaban J connectivity index is 1.28. The van der Waals surface area contributed by atoms with Crippen molar-refractivity contribution < 1.29 is 9.59 Å². The molecule has 162 valence electrons. The Morgan fingerprint density at radius 1 is 1.07 bits per heavy atom. The van der Waals surface area contributed by atoms with E-state index < -0.39 is 0 Å². The Labute approximate surface area is 180 Å². The van der Waals surface area contributed by atoms with E-state index in [4.69, 9.17) is 0 Å². The Bertz CT molecular complexity index is 998. The fraction of sp³-hybridized carbons (Fsp3) is 0.636. The number of aryl methyl sites for hydroxylation is 3. The molecule has 0 spiro atoms. The van der Waals surface area contributed by atoms with E-state index in [9.17, 15) is 14.4 Å². The smallest absolute Gasteiger partial charge is 0.259 e. The molecule has 1 aliphatic heterocycles. The molecule has 2 aliphatic rings. The largest absolute Gasteiger partial charge is 0.339 e. The van der Waals surface area contributed by atoms with Crippen LogP contribution >= 0.6 is 11.3 Å². The van der Waals surface area contributed by atoms with Crippen LogP contribution in [0.5, 0.6) is 0 Å². The first kappa shape index (κ1) is 21.0. The van der Waals surface area contributed by atoms with Gasteiger partial charge in [-0.1, -0.05) is 12.8 Å². The molecule has 0 bridgehead atoms. The number of carbonyl (C=O) groups excluding carboxylic acids is 2. The molecule has 0 aromatic carbocycles. The van der Waals surface area contributed by atoms with E-state index in [0.29, 0.717) is 62.6 Å². The van der Waals surface area contributed by atoms with Gasteiger partial charge in [-0.05, 0) is 38.2 Å². The summed E-state index contributed by atoms with van der Waals surface area (Å²) in [5.74, 6) is 1.41. The molecule has 0 atom stereocenters. The molecule has 0 radical (unpaired) electrons. The lowest BCUT2D eigenvalue weighted by atomic mass is 10.0. The molecular weight excluding hydrogens is 400 g/mol. The standard InChI is InChI=1S/C22H30N4O3S/c1-14-15(2)30-22-20(14)21(29)23-17(24-22)7-8-18(27)25-9-11-26(12-10-25)19(28)13-16-5-3-4-6-16/h16H,3-13H2,1-2H3,(H,23,24,29). The van der Waals surface area contributed by atoms with Crippen LogP contribution in [0.3, 0.4) is 0 Å². The highest BCUT2D eigenvalue weighted by Crippen LogP contribution is 2.28. The number of piperazine rings is 1. The normalized spacial score (nSPS) is 17.8. The number of nitrogens with zero attached hydrogens (tertiary/aromatic N) is 3. The summed E-state index contributed by atoms with van der Waals surface area (Å²) in [7, 11) is 0. The van der Waals surface area contributed by atoms with Gasteiger partial charge in [0.15, 0.2) is 0 Å². The molecule has 2 aromatic rings. The van der Waals surface area contributed by atoms with Crippen molar-refractivity contribution in [1.29, 1.82) is 0 Å². The second kappa shape index (κ2) is 8.88. The van der Waals surface area contributed by atoms with Gasteiger partial charge in [-0.3, -0.25) is 14.4 Å². The summed E-state index contributed by atoms with van der Waals surface area (Å²) in [4.78, 5) is 50.5. The van der Waals surface area contributed by atoms with Crippen LogP contribution in [0.15, 0.2) is 4.79 Å². The third kappa shape index (κ3) is 4.43. The van der Waals surface area contributed by atoms with Gasteiger partial charge in [-0.15, -0.1) is 11.3 Å². The zero-order valence-corrected chi connectivity index (χ0v) is 18.6. The molecule has 8 heteroatoms. The van der Waals surface area contributed by atoms with Crippen LogP contribution in [0.4, 0.5) is 0 Å². The maximum absolute atomic E-state index is 12.6. The number of H-pyrrole nitrogens is 1. The number of fused-ring (bicyclic) bond motifs is 1. The fourth-order valence-electron chi connectivity index (χ4n) is 4.60. The summed E-state index contributed by atoms with van der Waals surface area (Å²) in [6.45, 7) is 6.33. The second-order valence-electron chi connectivity index (χ2n) is 8.59. The van der Waals surface area contributed by atoms with Gasteiger partial charge in [0.1, 0.15) is 10.7 Å². The van der Waals surface area contributed by atoms with Crippen molar-refractivity contribution in [3.05, 3.63) is 26.6 Å². The number of amides is 2. The van der Waals surface area contributed by atoms with E-state index in [1.54, 1.807) is 0 Å². The molecule has 0 unspecified atom stereocenters. The Morgan fingerprint density at radius 3 is 2.37 bits per heavy atom. The van der Waals surface area contributed by atoms with Crippen molar-refractivity contribution in [2.45, 2.75) is 58.8 Å². The first-order valence-corrected chi connectivity index (χ1v) is 11.8. The average Bonchev–Trinajstić information content (AvgIpc) is 3.34. The van der Waals surface area contributed by atoms with Gasteiger partial charge in [0.25, 0.3) is 5.56 Å². The molecule has 4 rings (SSSR count). The topological polar surface area (TPSA) is 86.4 Å². The summed E-state index contributed by atoms with van der Waals surface area (Å²) in [5.41, 5.74) is 0.852. The Morgan fingerprint density at radius 2 is 1.70 bits per heavy atom. The maximum atomic E-state index is 12.6. The monoisotopic (exact) mass is 430 g/mol. The number of rotatable bonds is 5. The zero-order valence-electron chi connectivity index (χ0n) is 17.8. The van der Waals surface area contributed by atoms with Gasteiger partial charge in [0.05, 0.1) is 5.39 Å². The highest BCUT2D eigenvalue weighted by molar-refractivity contribution is 7.18. The van der Waals surface area contributed by atoms with Gasteiger partial charge in [-0.2, -0.15) is 0 Å². The number of hydrogen-bond donors (Lipinski definition) is 1. The van der Waals surface area contributed by atoms with Crippen molar-refractivity contribution >= 4 is 33.4 Å². The molecule has 1 N–H and O–H groups in total. The Kier molecular flexibility index (Phi) is 6.22. The van der Waals surface area contributed by atoms with Crippen molar-refractivity contribution in [3.8, 4) is 0 Å². The molecule has 2 aromatic heterocycles. The van der Waals surface area contributed by atoms with Crippen molar-refractivity contribution in [2.24, 2.45) is 5.92 Å². The molecular formula is C22H30N4O3S. The highest BCUT2D eigenvalue weighted by Gasteiger charge is 2.26.